The topological polar surface area (TPSA) is 75.5 Å². The molecule has 30 heavy (non-hydrogen) atoms. The molecular formula is C23H18N4O2S. The van der Waals surface area contributed by atoms with Crippen LogP contribution in [-0.2, 0) is 4.79 Å². The fourth-order valence-electron chi connectivity index (χ4n) is 3.35. The predicted molar refractivity (Wildman–Crippen MR) is 119 cm³/mol. The van der Waals surface area contributed by atoms with Crippen molar-refractivity contribution in [1.82, 2.24) is 9.38 Å². The second-order valence-electron chi connectivity index (χ2n) is 7.08. The molecule has 148 valence electrons. The van der Waals surface area contributed by atoms with Crippen LogP contribution >= 0.6 is 11.8 Å². The van der Waals surface area contributed by atoms with Crippen LogP contribution < -0.4 is 10.6 Å². The molecule has 0 spiro atoms. The molecule has 3 heterocycles. The van der Waals surface area contributed by atoms with Gasteiger partial charge in [0, 0.05) is 34.1 Å². The fourth-order valence-corrected chi connectivity index (χ4v) is 4.28. The van der Waals surface area contributed by atoms with E-state index in [1.807, 2.05) is 72.2 Å². The first-order valence-corrected chi connectivity index (χ1v) is 10.4. The van der Waals surface area contributed by atoms with Gasteiger partial charge in [0.05, 0.1) is 16.6 Å². The first-order valence-electron chi connectivity index (χ1n) is 9.54. The Hall–Kier alpha value is -3.58. The van der Waals surface area contributed by atoms with Gasteiger partial charge in [-0.3, -0.25) is 9.59 Å². The van der Waals surface area contributed by atoms with Crippen LogP contribution in [0, 0.1) is 0 Å². The summed E-state index contributed by atoms with van der Waals surface area (Å²) in [6.07, 6.45) is 3.93. The summed E-state index contributed by atoms with van der Waals surface area (Å²) in [5.41, 5.74) is 4.59. The molecule has 4 aromatic rings. The van der Waals surface area contributed by atoms with Gasteiger partial charge in [-0.15, -0.1) is 11.8 Å². The van der Waals surface area contributed by atoms with Gasteiger partial charge in [0.1, 0.15) is 5.65 Å². The van der Waals surface area contributed by atoms with E-state index in [4.69, 9.17) is 0 Å². The molecular weight excluding hydrogens is 396 g/mol. The number of benzene rings is 2. The lowest BCUT2D eigenvalue weighted by Gasteiger charge is -2.21. The first-order chi connectivity index (χ1) is 14.6. The lowest BCUT2D eigenvalue weighted by molar-refractivity contribution is -0.115. The number of amides is 2. The van der Waals surface area contributed by atoms with Gasteiger partial charge < -0.3 is 15.0 Å². The van der Waals surface area contributed by atoms with Gasteiger partial charge >= 0.3 is 0 Å². The van der Waals surface area contributed by atoms with Crippen molar-refractivity contribution in [1.29, 1.82) is 0 Å². The molecule has 1 aliphatic rings. The van der Waals surface area contributed by atoms with Gasteiger partial charge in [-0.2, -0.15) is 0 Å². The molecule has 7 heteroatoms. The number of nitrogens with one attached hydrogen (secondary N) is 2. The first kappa shape index (κ1) is 18.4. The zero-order chi connectivity index (χ0) is 20.7. The molecule has 6 nitrogen and oxygen atoms in total. The van der Waals surface area contributed by atoms with Crippen LogP contribution in [0.1, 0.15) is 17.3 Å². The molecule has 2 N–H and O–H groups in total. The largest absolute Gasteiger partial charge is 0.324 e. The monoisotopic (exact) mass is 414 g/mol. The standard InChI is InChI=1S/C23H18N4O2S/c1-14-22(28)26-18-12-16(7-10-20(18)30-14)23(29)24-17-8-5-15(6-9-17)19-13-27-11-3-2-4-21(27)25-19/h2-14H,1H3,(H,24,29)(H,26,28)/t14-/m0/s1. The number of hydrogen-bond acceptors (Lipinski definition) is 4. The fraction of sp³-hybridized carbons (Fsp3) is 0.0870. The van der Waals surface area contributed by atoms with Crippen molar-refractivity contribution < 1.29 is 9.59 Å². The summed E-state index contributed by atoms with van der Waals surface area (Å²) < 4.78 is 1.97. The Morgan fingerprint density at radius 1 is 1.13 bits per heavy atom. The molecule has 1 atom stereocenters. The van der Waals surface area contributed by atoms with E-state index < -0.39 is 0 Å². The third kappa shape index (κ3) is 3.44. The quantitative estimate of drug-likeness (QED) is 0.510. The molecule has 0 fully saturated rings. The number of nitrogens with zero attached hydrogens (tertiary/aromatic N) is 2. The second kappa shape index (κ2) is 7.35. The van der Waals surface area contributed by atoms with Crippen LogP contribution in [0.5, 0.6) is 0 Å². The average molecular weight is 414 g/mol. The van der Waals surface area contributed by atoms with Gasteiger partial charge in [-0.05, 0) is 49.4 Å². The van der Waals surface area contributed by atoms with Crippen LogP contribution in [0.15, 0.2) is 78.0 Å². The van der Waals surface area contributed by atoms with Gasteiger partial charge in [-0.25, -0.2) is 4.98 Å². The summed E-state index contributed by atoms with van der Waals surface area (Å²) in [7, 11) is 0. The Balaban J connectivity index is 1.33. The van der Waals surface area contributed by atoms with E-state index in [2.05, 4.69) is 15.6 Å². The smallest absolute Gasteiger partial charge is 0.255 e. The lowest BCUT2D eigenvalue weighted by atomic mass is 10.1. The van der Waals surface area contributed by atoms with Crippen molar-refractivity contribution in [3.05, 3.63) is 78.6 Å². The lowest BCUT2D eigenvalue weighted by Crippen LogP contribution is -2.26. The number of anilines is 2. The van der Waals surface area contributed by atoms with Crippen LogP contribution in [-0.4, -0.2) is 26.4 Å². The van der Waals surface area contributed by atoms with Gasteiger partial charge in [-0.1, -0.05) is 18.2 Å². The van der Waals surface area contributed by atoms with Crippen molar-refractivity contribution in [3.8, 4) is 11.3 Å². The number of pyridine rings is 1. The maximum absolute atomic E-state index is 12.7. The molecule has 0 aliphatic carbocycles. The van der Waals surface area contributed by atoms with E-state index in [1.54, 1.807) is 12.1 Å². The molecule has 1 aliphatic heterocycles. The summed E-state index contributed by atoms with van der Waals surface area (Å²) in [5, 5.41) is 5.63. The summed E-state index contributed by atoms with van der Waals surface area (Å²) in [6, 6.07) is 18.8. The molecule has 0 bridgehead atoms. The summed E-state index contributed by atoms with van der Waals surface area (Å²) in [4.78, 5) is 30.1. The normalized spacial score (nSPS) is 15.5. The second-order valence-corrected chi connectivity index (χ2v) is 8.47. The summed E-state index contributed by atoms with van der Waals surface area (Å²) in [6.45, 7) is 1.86. The third-order valence-corrected chi connectivity index (χ3v) is 6.15. The van der Waals surface area contributed by atoms with Gasteiger partial charge in [0.25, 0.3) is 5.91 Å². The summed E-state index contributed by atoms with van der Waals surface area (Å²) in [5.74, 6) is -0.274. The Labute approximate surface area is 177 Å². The number of carbonyl (C=O) groups is 2. The van der Waals surface area contributed by atoms with Crippen molar-refractivity contribution in [2.24, 2.45) is 0 Å². The van der Waals surface area contributed by atoms with E-state index in [9.17, 15) is 9.59 Å². The number of carbonyl (C=O) groups excluding carboxylic acids is 2. The van der Waals surface area contributed by atoms with Crippen LogP contribution in [0.4, 0.5) is 11.4 Å². The number of hydrogen-bond donors (Lipinski definition) is 2. The van der Waals surface area contributed by atoms with Crippen molar-refractivity contribution in [3.63, 3.8) is 0 Å². The SMILES string of the molecule is C[C@@H]1Sc2ccc(C(=O)Nc3ccc(-c4cn5ccccc5n4)cc3)cc2NC1=O. The molecule has 0 unspecified atom stereocenters. The molecule has 2 aromatic carbocycles. The zero-order valence-electron chi connectivity index (χ0n) is 16.1. The molecule has 0 saturated carbocycles. The maximum Gasteiger partial charge on any atom is 0.255 e. The van der Waals surface area contributed by atoms with Crippen LogP contribution in [0.2, 0.25) is 0 Å². The highest BCUT2D eigenvalue weighted by atomic mass is 32.2. The van der Waals surface area contributed by atoms with Crippen molar-refractivity contribution >= 4 is 40.6 Å². The number of aromatic nitrogens is 2. The van der Waals surface area contributed by atoms with E-state index in [-0.39, 0.29) is 17.1 Å². The van der Waals surface area contributed by atoms with Crippen LogP contribution in [0.25, 0.3) is 16.9 Å². The Bertz CT molecular complexity index is 1250. The minimum Gasteiger partial charge on any atom is -0.324 e. The van der Waals surface area contributed by atoms with Gasteiger partial charge in [0.15, 0.2) is 0 Å². The van der Waals surface area contributed by atoms with E-state index in [0.29, 0.717) is 16.9 Å². The Morgan fingerprint density at radius 2 is 1.97 bits per heavy atom. The molecule has 0 radical (unpaired) electrons. The average Bonchev–Trinajstić information content (AvgIpc) is 3.19. The van der Waals surface area contributed by atoms with E-state index in [0.717, 1.165) is 21.8 Å². The maximum atomic E-state index is 12.7. The molecule has 2 aromatic heterocycles. The highest BCUT2D eigenvalue weighted by Gasteiger charge is 2.23. The van der Waals surface area contributed by atoms with Crippen molar-refractivity contribution in [2.75, 3.05) is 10.6 Å². The number of thioether (sulfide) groups is 1. The minimum atomic E-state index is -0.226. The molecule has 0 saturated heterocycles. The zero-order valence-corrected chi connectivity index (χ0v) is 16.9. The Kier molecular flexibility index (Phi) is 4.52. The highest BCUT2D eigenvalue weighted by molar-refractivity contribution is 8.00. The molecule has 2 amide bonds. The molecule has 5 rings (SSSR count). The number of rotatable bonds is 3. The number of imidazole rings is 1. The third-order valence-electron chi connectivity index (χ3n) is 4.98. The van der Waals surface area contributed by atoms with Gasteiger partial charge in [0.2, 0.25) is 5.91 Å². The van der Waals surface area contributed by atoms with Crippen LogP contribution in [0.3, 0.4) is 0 Å². The van der Waals surface area contributed by atoms with E-state index >= 15 is 0 Å². The highest BCUT2D eigenvalue weighted by Crippen LogP contribution is 2.36. The summed E-state index contributed by atoms with van der Waals surface area (Å²) >= 11 is 1.49. The minimum absolute atomic E-state index is 0.0485. The van der Waals surface area contributed by atoms with Crippen molar-refractivity contribution in [2.45, 2.75) is 17.1 Å². The van der Waals surface area contributed by atoms with E-state index in [1.165, 1.54) is 11.8 Å². The predicted octanol–water partition coefficient (Wildman–Crippen LogP) is 4.69. The Morgan fingerprint density at radius 3 is 2.77 bits per heavy atom. The number of fused-ring (bicyclic) bond motifs is 2.